The molecule has 2 saturated heterocycles. The van der Waals surface area contributed by atoms with Crippen LogP contribution in [0.5, 0.6) is 0 Å². The zero-order chi connectivity index (χ0) is 16.4. The van der Waals surface area contributed by atoms with Gasteiger partial charge in [0.05, 0.1) is 5.56 Å². The maximum absolute atomic E-state index is 12.6. The molecule has 134 valence electrons. The molecule has 0 saturated carbocycles. The fourth-order valence-electron chi connectivity index (χ4n) is 3.26. The number of carbonyl (C=O) groups is 1. The Morgan fingerprint density at radius 3 is 2.29 bits per heavy atom. The van der Waals surface area contributed by atoms with E-state index in [1.807, 2.05) is 0 Å². The molecule has 1 aromatic rings. The van der Waals surface area contributed by atoms with E-state index in [1.165, 1.54) is 12.1 Å². The summed E-state index contributed by atoms with van der Waals surface area (Å²) in [7, 11) is 0. The topological polar surface area (TPSA) is 35.6 Å². The summed E-state index contributed by atoms with van der Waals surface area (Å²) < 4.78 is 37.7. The minimum Gasteiger partial charge on any atom is -0.337 e. The van der Waals surface area contributed by atoms with Gasteiger partial charge in [0.25, 0.3) is 5.91 Å². The number of hydrogen-bond donors (Lipinski definition) is 1. The van der Waals surface area contributed by atoms with Crippen molar-refractivity contribution in [1.29, 1.82) is 0 Å². The number of nitrogens with one attached hydrogen (secondary N) is 1. The fraction of sp³-hybridized carbons (Fsp3) is 0.562. The van der Waals surface area contributed by atoms with Gasteiger partial charge >= 0.3 is 6.18 Å². The Morgan fingerprint density at radius 2 is 1.71 bits per heavy atom. The Labute approximate surface area is 145 Å². The van der Waals surface area contributed by atoms with Crippen molar-refractivity contribution >= 4 is 18.3 Å². The first-order valence-electron chi connectivity index (χ1n) is 7.86. The van der Waals surface area contributed by atoms with Crippen molar-refractivity contribution in [2.45, 2.75) is 18.6 Å². The molecule has 2 heterocycles. The van der Waals surface area contributed by atoms with E-state index in [-0.39, 0.29) is 18.3 Å². The summed E-state index contributed by atoms with van der Waals surface area (Å²) in [6.07, 6.45) is -3.45. The molecule has 24 heavy (non-hydrogen) atoms. The number of benzene rings is 1. The maximum Gasteiger partial charge on any atom is 0.416 e. The van der Waals surface area contributed by atoms with Crippen LogP contribution in [-0.2, 0) is 6.18 Å². The highest BCUT2D eigenvalue weighted by Gasteiger charge is 2.33. The van der Waals surface area contributed by atoms with Gasteiger partial charge in [-0.2, -0.15) is 13.2 Å². The number of amides is 1. The summed E-state index contributed by atoms with van der Waals surface area (Å²) in [5.41, 5.74) is -0.409. The monoisotopic (exact) mass is 363 g/mol. The second kappa shape index (κ2) is 7.72. The van der Waals surface area contributed by atoms with Gasteiger partial charge in [-0.3, -0.25) is 9.69 Å². The Kier molecular flexibility index (Phi) is 6.11. The van der Waals surface area contributed by atoms with Crippen LogP contribution in [0.25, 0.3) is 0 Å². The Morgan fingerprint density at radius 1 is 1.08 bits per heavy atom. The average molecular weight is 364 g/mol. The first kappa shape index (κ1) is 19.0. The fourth-order valence-corrected chi connectivity index (χ4v) is 3.26. The van der Waals surface area contributed by atoms with E-state index in [4.69, 9.17) is 0 Å². The number of piperazine rings is 1. The van der Waals surface area contributed by atoms with Crippen LogP contribution in [0, 0.1) is 0 Å². The molecule has 8 heteroatoms. The number of alkyl halides is 3. The number of nitrogens with zero attached hydrogens (tertiary/aromatic N) is 2. The van der Waals surface area contributed by atoms with Gasteiger partial charge in [0.1, 0.15) is 0 Å². The van der Waals surface area contributed by atoms with E-state index in [0.717, 1.165) is 44.7 Å². The molecule has 4 nitrogen and oxygen atoms in total. The summed E-state index contributed by atoms with van der Waals surface area (Å²) in [5.74, 6) is -0.184. The van der Waals surface area contributed by atoms with E-state index in [1.54, 1.807) is 4.90 Å². The average Bonchev–Trinajstić information content (AvgIpc) is 3.04. The van der Waals surface area contributed by atoms with Gasteiger partial charge in [0, 0.05) is 50.9 Å². The van der Waals surface area contributed by atoms with Crippen LogP contribution >= 0.6 is 12.4 Å². The van der Waals surface area contributed by atoms with Crippen molar-refractivity contribution in [2.75, 3.05) is 39.3 Å². The Bertz CT molecular complexity index is 559. The largest absolute Gasteiger partial charge is 0.416 e. The standard InChI is InChI=1S/C16H20F3N3O.ClH/c17-16(18,19)13-3-1-12(2-4-13)15(23)22-8-5-14(11-22)21-9-6-20-7-10-21;/h1-4,14,20H,5-11H2;1H. The van der Waals surface area contributed by atoms with Gasteiger partial charge in [-0.15, -0.1) is 12.4 Å². The summed E-state index contributed by atoms with van der Waals surface area (Å²) in [6, 6.07) is 4.83. The zero-order valence-electron chi connectivity index (χ0n) is 13.2. The number of carbonyl (C=O) groups excluding carboxylic acids is 1. The van der Waals surface area contributed by atoms with Gasteiger partial charge in [0.15, 0.2) is 0 Å². The van der Waals surface area contributed by atoms with Gasteiger partial charge in [0.2, 0.25) is 0 Å². The van der Waals surface area contributed by atoms with Crippen molar-refractivity contribution in [1.82, 2.24) is 15.1 Å². The molecular formula is C16H21ClF3N3O. The summed E-state index contributed by atoms with van der Waals surface area (Å²) in [6.45, 7) is 5.20. The van der Waals surface area contributed by atoms with Crippen LogP contribution in [0.15, 0.2) is 24.3 Å². The first-order chi connectivity index (χ1) is 10.9. The number of rotatable bonds is 2. The minimum absolute atomic E-state index is 0. The summed E-state index contributed by atoms with van der Waals surface area (Å²) >= 11 is 0. The molecule has 3 rings (SSSR count). The molecule has 0 spiro atoms. The van der Waals surface area contributed by atoms with Crippen LogP contribution in [0.3, 0.4) is 0 Å². The minimum atomic E-state index is -4.37. The molecule has 0 bridgehead atoms. The van der Waals surface area contributed by atoms with Crippen LogP contribution in [-0.4, -0.2) is 61.0 Å². The second-order valence-corrected chi connectivity index (χ2v) is 6.05. The lowest BCUT2D eigenvalue weighted by atomic mass is 10.1. The van der Waals surface area contributed by atoms with E-state index < -0.39 is 11.7 Å². The highest BCUT2D eigenvalue weighted by molar-refractivity contribution is 5.94. The maximum atomic E-state index is 12.6. The molecular weight excluding hydrogens is 343 g/mol. The van der Waals surface area contributed by atoms with Crippen molar-refractivity contribution in [3.05, 3.63) is 35.4 Å². The predicted molar refractivity (Wildman–Crippen MR) is 87.4 cm³/mol. The molecule has 1 amide bonds. The van der Waals surface area contributed by atoms with Crippen LogP contribution in [0.1, 0.15) is 22.3 Å². The molecule has 2 aliphatic rings. The number of hydrogen-bond acceptors (Lipinski definition) is 3. The van der Waals surface area contributed by atoms with Crippen molar-refractivity contribution in [3.63, 3.8) is 0 Å². The quantitative estimate of drug-likeness (QED) is 0.875. The summed E-state index contributed by atoms with van der Waals surface area (Å²) in [4.78, 5) is 16.6. The highest BCUT2D eigenvalue weighted by atomic mass is 35.5. The van der Waals surface area contributed by atoms with Crippen molar-refractivity contribution in [3.8, 4) is 0 Å². The van der Waals surface area contributed by atoms with Gasteiger partial charge in [-0.05, 0) is 30.7 Å². The third-order valence-corrected chi connectivity index (χ3v) is 4.58. The van der Waals surface area contributed by atoms with Crippen LogP contribution in [0.2, 0.25) is 0 Å². The summed E-state index contributed by atoms with van der Waals surface area (Å²) in [5, 5.41) is 3.30. The Hall–Kier alpha value is -1.31. The number of likely N-dealkylation sites (tertiary alicyclic amines) is 1. The second-order valence-electron chi connectivity index (χ2n) is 6.05. The lowest BCUT2D eigenvalue weighted by Gasteiger charge is -2.32. The lowest BCUT2D eigenvalue weighted by Crippen LogP contribution is -2.49. The van der Waals surface area contributed by atoms with Gasteiger partial charge < -0.3 is 10.2 Å². The van der Waals surface area contributed by atoms with Crippen LogP contribution in [0.4, 0.5) is 13.2 Å². The zero-order valence-corrected chi connectivity index (χ0v) is 14.0. The third-order valence-electron chi connectivity index (χ3n) is 4.58. The lowest BCUT2D eigenvalue weighted by molar-refractivity contribution is -0.137. The normalized spacial score (nSPS) is 22.3. The van der Waals surface area contributed by atoms with Gasteiger partial charge in [-0.1, -0.05) is 0 Å². The number of halogens is 4. The van der Waals surface area contributed by atoms with Crippen molar-refractivity contribution in [2.24, 2.45) is 0 Å². The molecule has 0 aliphatic carbocycles. The van der Waals surface area contributed by atoms with E-state index in [2.05, 4.69) is 10.2 Å². The molecule has 1 unspecified atom stereocenters. The predicted octanol–water partition coefficient (Wildman–Crippen LogP) is 2.25. The SMILES string of the molecule is Cl.O=C(c1ccc(C(F)(F)F)cc1)N1CCC(N2CCNCC2)C1. The molecule has 1 N–H and O–H groups in total. The van der Waals surface area contributed by atoms with E-state index in [9.17, 15) is 18.0 Å². The molecule has 1 aromatic carbocycles. The third kappa shape index (κ3) is 4.20. The molecule has 0 aromatic heterocycles. The molecule has 2 fully saturated rings. The smallest absolute Gasteiger partial charge is 0.337 e. The van der Waals surface area contributed by atoms with Crippen LogP contribution < -0.4 is 5.32 Å². The molecule has 2 aliphatic heterocycles. The van der Waals surface area contributed by atoms with E-state index >= 15 is 0 Å². The van der Waals surface area contributed by atoms with Crippen molar-refractivity contribution < 1.29 is 18.0 Å². The molecule has 1 atom stereocenters. The molecule has 0 radical (unpaired) electrons. The van der Waals surface area contributed by atoms with E-state index in [0.29, 0.717) is 24.7 Å². The first-order valence-corrected chi connectivity index (χ1v) is 7.86. The Balaban J connectivity index is 0.00000208. The van der Waals surface area contributed by atoms with Gasteiger partial charge in [-0.25, -0.2) is 0 Å². The highest BCUT2D eigenvalue weighted by Crippen LogP contribution is 2.29.